The summed E-state index contributed by atoms with van der Waals surface area (Å²) in [7, 11) is -3.49. The van der Waals surface area contributed by atoms with E-state index in [1.54, 1.807) is 10.4 Å². The van der Waals surface area contributed by atoms with Crippen LogP contribution in [-0.2, 0) is 34.1 Å². The van der Waals surface area contributed by atoms with Crippen molar-refractivity contribution in [3.8, 4) is 0 Å². The summed E-state index contributed by atoms with van der Waals surface area (Å²) in [6.45, 7) is 2.87. The monoisotopic (exact) mass is 441 g/mol. The summed E-state index contributed by atoms with van der Waals surface area (Å²) in [6, 6.07) is 15.7. The van der Waals surface area contributed by atoms with Crippen molar-refractivity contribution in [1.82, 2.24) is 14.5 Å². The molecule has 1 fully saturated rings. The van der Waals surface area contributed by atoms with E-state index in [-0.39, 0.29) is 5.91 Å². The zero-order chi connectivity index (χ0) is 21.7. The largest absolute Gasteiger partial charge is 0.355 e. The molecule has 7 heteroatoms. The summed E-state index contributed by atoms with van der Waals surface area (Å²) in [5, 5.41) is 2.96. The van der Waals surface area contributed by atoms with E-state index in [4.69, 9.17) is 0 Å². The third kappa shape index (κ3) is 5.53. The smallest absolute Gasteiger partial charge is 0.243 e. The Balaban J connectivity index is 1.25. The molecule has 0 saturated carbocycles. The maximum Gasteiger partial charge on any atom is 0.243 e. The molecule has 0 atom stereocenters. The van der Waals surface area contributed by atoms with Gasteiger partial charge in [0.15, 0.2) is 0 Å². The van der Waals surface area contributed by atoms with Crippen molar-refractivity contribution >= 4 is 15.9 Å². The number of nitrogens with one attached hydrogen (secondary N) is 1. The number of hydrogen-bond donors (Lipinski definition) is 1. The van der Waals surface area contributed by atoms with Crippen LogP contribution >= 0.6 is 0 Å². The number of benzene rings is 2. The standard InChI is InChI=1S/C24H31N3O3S/c28-24(25-13-12-20-6-2-1-3-7-20)19-26-14-16-27(17-15-26)31(29,30)23-11-10-21-8-4-5-9-22(21)18-23/h1-3,6-7,10-11,18H,4-5,8-9,12-17,19H2,(H,25,28). The molecule has 0 bridgehead atoms. The lowest BCUT2D eigenvalue weighted by atomic mass is 9.92. The van der Waals surface area contributed by atoms with Crippen molar-refractivity contribution in [1.29, 1.82) is 0 Å². The number of aryl methyl sites for hydroxylation is 2. The van der Waals surface area contributed by atoms with E-state index in [0.29, 0.717) is 44.2 Å². The molecule has 2 aromatic carbocycles. The molecule has 31 heavy (non-hydrogen) atoms. The lowest BCUT2D eigenvalue weighted by Gasteiger charge is -2.33. The molecule has 6 nitrogen and oxygen atoms in total. The third-order valence-electron chi connectivity index (χ3n) is 6.23. The molecule has 2 aliphatic rings. The number of piperazine rings is 1. The first-order chi connectivity index (χ1) is 15.0. The van der Waals surface area contributed by atoms with Gasteiger partial charge in [-0.1, -0.05) is 36.4 Å². The van der Waals surface area contributed by atoms with Gasteiger partial charge in [0.1, 0.15) is 0 Å². The maximum atomic E-state index is 13.1. The van der Waals surface area contributed by atoms with Gasteiger partial charge in [0, 0.05) is 32.7 Å². The Morgan fingerprint density at radius 1 is 0.903 bits per heavy atom. The van der Waals surface area contributed by atoms with Crippen LogP contribution in [0.15, 0.2) is 53.4 Å². The predicted octanol–water partition coefficient (Wildman–Crippen LogP) is 2.23. The van der Waals surface area contributed by atoms with Crippen molar-refractivity contribution < 1.29 is 13.2 Å². The molecule has 1 N–H and O–H groups in total. The molecule has 4 rings (SSSR count). The lowest BCUT2D eigenvalue weighted by Crippen LogP contribution is -2.51. The second kappa shape index (κ2) is 9.94. The molecule has 2 aromatic rings. The normalized spacial score (nSPS) is 17.8. The molecule has 166 valence electrons. The van der Waals surface area contributed by atoms with E-state index in [1.165, 1.54) is 23.1 Å². The highest BCUT2D eigenvalue weighted by molar-refractivity contribution is 7.89. The minimum absolute atomic E-state index is 0.0121. The van der Waals surface area contributed by atoms with Crippen molar-refractivity contribution in [2.75, 3.05) is 39.3 Å². The number of hydrogen-bond acceptors (Lipinski definition) is 4. The molecule has 1 amide bonds. The Morgan fingerprint density at radius 3 is 2.35 bits per heavy atom. The average Bonchev–Trinajstić information content (AvgIpc) is 2.80. The first-order valence-electron chi connectivity index (χ1n) is 11.2. The number of amides is 1. The second-order valence-corrected chi connectivity index (χ2v) is 10.3. The summed E-state index contributed by atoms with van der Waals surface area (Å²) in [4.78, 5) is 14.7. The van der Waals surface area contributed by atoms with Crippen LogP contribution in [0, 0.1) is 0 Å². The molecule has 1 aliphatic carbocycles. The van der Waals surface area contributed by atoms with E-state index in [1.807, 2.05) is 47.4 Å². The zero-order valence-electron chi connectivity index (χ0n) is 17.9. The summed E-state index contributed by atoms with van der Waals surface area (Å²) in [6.07, 6.45) is 5.12. The Morgan fingerprint density at radius 2 is 1.61 bits per heavy atom. The first kappa shape index (κ1) is 22.0. The van der Waals surface area contributed by atoms with Gasteiger partial charge in [-0.3, -0.25) is 9.69 Å². The predicted molar refractivity (Wildman–Crippen MR) is 121 cm³/mol. The second-order valence-electron chi connectivity index (χ2n) is 8.40. The molecular formula is C24H31N3O3S. The molecule has 0 spiro atoms. The van der Waals surface area contributed by atoms with Crippen LogP contribution in [0.4, 0.5) is 0 Å². The van der Waals surface area contributed by atoms with E-state index in [9.17, 15) is 13.2 Å². The Labute approximate surface area is 185 Å². The number of rotatable bonds is 7. The van der Waals surface area contributed by atoms with Crippen LogP contribution in [0.5, 0.6) is 0 Å². The fourth-order valence-electron chi connectivity index (χ4n) is 4.40. The van der Waals surface area contributed by atoms with Crippen LogP contribution in [0.1, 0.15) is 29.5 Å². The van der Waals surface area contributed by atoms with Gasteiger partial charge in [-0.25, -0.2) is 8.42 Å². The Kier molecular flexibility index (Phi) is 7.05. The first-order valence-corrected chi connectivity index (χ1v) is 12.6. The average molecular weight is 442 g/mol. The number of sulfonamides is 1. The molecule has 0 aromatic heterocycles. The number of carbonyl (C=O) groups excluding carboxylic acids is 1. The van der Waals surface area contributed by atoms with Crippen molar-refractivity contribution in [3.05, 3.63) is 65.2 Å². The van der Waals surface area contributed by atoms with Crippen molar-refractivity contribution in [2.45, 2.75) is 37.0 Å². The van der Waals surface area contributed by atoms with E-state index in [2.05, 4.69) is 5.32 Å². The van der Waals surface area contributed by atoms with E-state index in [0.717, 1.165) is 25.7 Å². The summed E-state index contributed by atoms with van der Waals surface area (Å²) in [5.41, 5.74) is 3.66. The highest BCUT2D eigenvalue weighted by Crippen LogP contribution is 2.26. The number of nitrogens with zero attached hydrogens (tertiary/aromatic N) is 2. The molecule has 0 radical (unpaired) electrons. The van der Waals surface area contributed by atoms with Gasteiger partial charge in [-0.15, -0.1) is 0 Å². The molecule has 1 heterocycles. The van der Waals surface area contributed by atoms with Gasteiger partial charge in [-0.05, 0) is 60.9 Å². The highest BCUT2D eigenvalue weighted by atomic mass is 32.2. The van der Waals surface area contributed by atoms with Crippen LogP contribution in [-0.4, -0.2) is 62.8 Å². The lowest BCUT2D eigenvalue weighted by molar-refractivity contribution is -0.122. The topological polar surface area (TPSA) is 69.7 Å². The van der Waals surface area contributed by atoms with Gasteiger partial charge in [0.05, 0.1) is 11.4 Å². The molecule has 0 unspecified atom stereocenters. The minimum atomic E-state index is -3.49. The number of carbonyl (C=O) groups is 1. The van der Waals surface area contributed by atoms with Crippen molar-refractivity contribution in [2.24, 2.45) is 0 Å². The maximum absolute atomic E-state index is 13.1. The SMILES string of the molecule is O=C(CN1CCN(S(=O)(=O)c2ccc3c(c2)CCCC3)CC1)NCCc1ccccc1. The van der Waals surface area contributed by atoms with Gasteiger partial charge in [0.2, 0.25) is 15.9 Å². The van der Waals surface area contributed by atoms with Gasteiger partial charge in [-0.2, -0.15) is 4.31 Å². The molecule has 1 saturated heterocycles. The summed E-state index contributed by atoms with van der Waals surface area (Å²) in [5.74, 6) is -0.0121. The van der Waals surface area contributed by atoms with Gasteiger partial charge < -0.3 is 5.32 Å². The third-order valence-corrected chi connectivity index (χ3v) is 8.13. The van der Waals surface area contributed by atoms with Gasteiger partial charge in [0.25, 0.3) is 0 Å². The minimum Gasteiger partial charge on any atom is -0.355 e. The molecular weight excluding hydrogens is 410 g/mol. The van der Waals surface area contributed by atoms with Crippen LogP contribution in [0.25, 0.3) is 0 Å². The fourth-order valence-corrected chi connectivity index (χ4v) is 5.87. The van der Waals surface area contributed by atoms with Crippen LogP contribution in [0.2, 0.25) is 0 Å². The zero-order valence-corrected chi connectivity index (χ0v) is 18.7. The Hall–Kier alpha value is -2.22. The number of fused-ring (bicyclic) bond motifs is 1. The fraction of sp³-hybridized carbons (Fsp3) is 0.458. The van der Waals surface area contributed by atoms with Crippen LogP contribution in [0.3, 0.4) is 0 Å². The van der Waals surface area contributed by atoms with E-state index >= 15 is 0 Å². The summed E-state index contributed by atoms with van der Waals surface area (Å²) < 4.78 is 27.8. The Bertz CT molecular complexity index is 1000. The summed E-state index contributed by atoms with van der Waals surface area (Å²) >= 11 is 0. The van der Waals surface area contributed by atoms with E-state index < -0.39 is 10.0 Å². The highest BCUT2D eigenvalue weighted by Gasteiger charge is 2.29. The molecule has 1 aliphatic heterocycles. The van der Waals surface area contributed by atoms with Gasteiger partial charge >= 0.3 is 0 Å². The van der Waals surface area contributed by atoms with Crippen LogP contribution < -0.4 is 5.32 Å². The quantitative estimate of drug-likeness (QED) is 0.715. The van der Waals surface area contributed by atoms with Crippen molar-refractivity contribution in [3.63, 3.8) is 0 Å².